The van der Waals surface area contributed by atoms with E-state index in [9.17, 15) is 26.7 Å². The summed E-state index contributed by atoms with van der Waals surface area (Å²) in [5.41, 5.74) is 4.93. The van der Waals surface area contributed by atoms with Gasteiger partial charge in [-0.05, 0) is 47.7 Å². The molecule has 1 aliphatic rings. The number of nitrogens with two attached hydrogens (primary N) is 1. The van der Waals surface area contributed by atoms with Gasteiger partial charge in [-0.1, -0.05) is 6.07 Å². The summed E-state index contributed by atoms with van der Waals surface area (Å²) in [5.74, 6) is -2.97. The average Bonchev–Trinajstić information content (AvgIpc) is 3.34. The fourth-order valence-corrected chi connectivity index (χ4v) is 2.91. The van der Waals surface area contributed by atoms with Crippen molar-refractivity contribution in [2.45, 2.75) is 25.1 Å². The van der Waals surface area contributed by atoms with Crippen LogP contribution < -0.4 is 11.1 Å². The number of amides is 1. The number of rotatable bonds is 4. The van der Waals surface area contributed by atoms with Gasteiger partial charge in [0.05, 0.1) is 5.56 Å². The smallest absolute Gasteiger partial charge is 0.326 e. The van der Waals surface area contributed by atoms with E-state index in [4.69, 9.17) is 5.73 Å². The molecule has 1 aliphatic carbocycles. The van der Waals surface area contributed by atoms with Gasteiger partial charge in [0.2, 0.25) is 5.91 Å². The number of hydrogen-bond donors (Lipinski definition) is 2. The molecule has 3 N–H and O–H groups in total. The average molecular weight is 407 g/mol. The van der Waals surface area contributed by atoms with Crippen LogP contribution in [0.5, 0.6) is 0 Å². The fourth-order valence-electron chi connectivity index (χ4n) is 2.91. The normalized spacial score (nSPS) is 18.6. The summed E-state index contributed by atoms with van der Waals surface area (Å²) >= 11 is 0. The summed E-state index contributed by atoms with van der Waals surface area (Å²) in [6.45, 7) is -0.111. The molecule has 9 heteroatoms. The summed E-state index contributed by atoms with van der Waals surface area (Å²) in [5, 5.41) is 2.43. The van der Waals surface area contributed by atoms with Crippen LogP contribution in [0.4, 0.5) is 27.6 Å². The van der Waals surface area contributed by atoms with E-state index in [1.807, 2.05) is 0 Å². The number of hydrogen-bond acceptors (Lipinski definition) is 2. The first-order valence-electron chi connectivity index (χ1n) is 7.86. The molecule has 1 fully saturated rings. The van der Waals surface area contributed by atoms with E-state index in [0.29, 0.717) is 6.42 Å². The molecule has 146 valence electrons. The third-order valence-corrected chi connectivity index (χ3v) is 4.31. The molecule has 0 aliphatic heterocycles. The van der Waals surface area contributed by atoms with Gasteiger partial charge in [-0.25, -0.2) is 8.78 Å². The Morgan fingerprint density at radius 2 is 1.85 bits per heavy atom. The Balaban J connectivity index is 0.00000261. The molecule has 0 saturated heterocycles. The minimum absolute atomic E-state index is 0. The predicted molar refractivity (Wildman–Crippen MR) is 92.4 cm³/mol. The minimum Gasteiger partial charge on any atom is -0.326 e. The highest BCUT2D eigenvalue weighted by Crippen LogP contribution is 2.49. The molecule has 2 aromatic carbocycles. The molecule has 3 nitrogen and oxygen atoms in total. The van der Waals surface area contributed by atoms with Crippen molar-refractivity contribution in [1.82, 2.24) is 0 Å². The maximum atomic E-state index is 13.8. The van der Waals surface area contributed by atoms with Gasteiger partial charge in [0.15, 0.2) is 0 Å². The van der Waals surface area contributed by atoms with E-state index >= 15 is 0 Å². The molecule has 1 saturated carbocycles. The first kappa shape index (κ1) is 21.1. The van der Waals surface area contributed by atoms with Crippen LogP contribution in [0.25, 0.3) is 0 Å². The number of carbonyl (C=O) groups excluding carboxylic acids is 1. The molecule has 27 heavy (non-hydrogen) atoms. The van der Waals surface area contributed by atoms with Gasteiger partial charge in [-0.15, -0.1) is 12.4 Å². The molecule has 2 aromatic rings. The lowest BCUT2D eigenvalue weighted by atomic mass is 10.1. The van der Waals surface area contributed by atoms with Crippen molar-refractivity contribution in [1.29, 1.82) is 0 Å². The molecule has 2 atom stereocenters. The van der Waals surface area contributed by atoms with E-state index in [1.54, 1.807) is 0 Å². The Morgan fingerprint density at radius 1 is 1.15 bits per heavy atom. The summed E-state index contributed by atoms with van der Waals surface area (Å²) in [4.78, 5) is 12.3. The molecular formula is C18H16ClF5N2O. The van der Waals surface area contributed by atoms with Gasteiger partial charge in [-0.3, -0.25) is 4.79 Å². The van der Waals surface area contributed by atoms with Gasteiger partial charge >= 0.3 is 6.18 Å². The Kier molecular flexibility index (Phi) is 6.11. The van der Waals surface area contributed by atoms with E-state index in [1.165, 1.54) is 12.1 Å². The lowest BCUT2D eigenvalue weighted by Crippen LogP contribution is -2.16. The Morgan fingerprint density at radius 3 is 2.44 bits per heavy atom. The van der Waals surface area contributed by atoms with E-state index < -0.39 is 41.1 Å². The van der Waals surface area contributed by atoms with E-state index in [2.05, 4.69) is 5.32 Å². The second-order valence-corrected chi connectivity index (χ2v) is 6.22. The van der Waals surface area contributed by atoms with Crippen molar-refractivity contribution >= 4 is 24.0 Å². The zero-order valence-electron chi connectivity index (χ0n) is 13.8. The second-order valence-electron chi connectivity index (χ2n) is 6.22. The molecule has 1 amide bonds. The maximum absolute atomic E-state index is 13.8. The van der Waals surface area contributed by atoms with Crippen molar-refractivity contribution < 1.29 is 26.7 Å². The Bertz CT molecular complexity index is 856. The van der Waals surface area contributed by atoms with Crippen molar-refractivity contribution in [3.05, 3.63) is 64.7 Å². The predicted octanol–water partition coefficient (Wildman–Crippen LogP) is 4.61. The summed E-state index contributed by atoms with van der Waals surface area (Å²) in [6.07, 6.45) is -4.22. The molecule has 2 unspecified atom stereocenters. The van der Waals surface area contributed by atoms with Crippen molar-refractivity contribution in [3.63, 3.8) is 0 Å². The molecule has 3 rings (SSSR count). The van der Waals surface area contributed by atoms with E-state index in [0.717, 1.165) is 24.3 Å². The lowest BCUT2D eigenvalue weighted by Gasteiger charge is -2.12. The molecule has 0 heterocycles. The highest BCUT2D eigenvalue weighted by atomic mass is 35.5. The summed E-state index contributed by atoms with van der Waals surface area (Å²) in [7, 11) is 0. The SMILES string of the molecule is Cl.NCc1cc(NC(=O)C2CC2c2ccc(F)cc2F)cc(C(F)(F)F)c1. The van der Waals surface area contributed by atoms with Crippen LogP contribution in [0.3, 0.4) is 0 Å². The van der Waals surface area contributed by atoms with Gasteiger partial charge in [0.1, 0.15) is 11.6 Å². The van der Waals surface area contributed by atoms with Gasteiger partial charge in [-0.2, -0.15) is 13.2 Å². The Labute approximate surface area is 158 Å². The molecule has 0 radical (unpaired) electrons. The van der Waals surface area contributed by atoms with Crippen LogP contribution in [-0.4, -0.2) is 5.91 Å². The van der Waals surface area contributed by atoms with Crippen LogP contribution >= 0.6 is 12.4 Å². The molecular weight excluding hydrogens is 391 g/mol. The fraction of sp³-hybridized carbons (Fsp3) is 0.278. The molecule has 0 aromatic heterocycles. The summed E-state index contributed by atoms with van der Waals surface area (Å²) < 4.78 is 65.5. The Hall–Kier alpha value is -2.19. The van der Waals surface area contributed by atoms with Crippen LogP contribution in [0.2, 0.25) is 0 Å². The topological polar surface area (TPSA) is 55.1 Å². The highest BCUT2D eigenvalue weighted by Gasteiger charge is 2.45. The number of alkyl halides is 3. The molecule has 0 bridgehead atoms. The maximum Gasteiger partial charge on any atom is 0.416 e. The second kappa shape index (κ2) is 7.82. The number of anilines is 1. The first-order chi connectivity index (χ1) is 12.2. The zero-order chi connectivity index (χ0) is 19.1. The monoisotopic (exact) mass is 406 g/mol. The quantitative estimate of drug-likeness (QED) is 0.729. The van der Waals surface area contributed by atoms with Crippen molar-refractivity contribution in [2.24, 2.45) is 11.7 Å². The van der Waals surface area contributed by atoms with Crippen molar-refractivity contribution in [2.75, 3.05) is 5.32 Å². The number of carbonyl (C=O) groups is 1. The third kappa shape index (κ3) is 4.75. The number of halogens is 6. The standard InChI is InChI=1S/C18H15F5N2O.ClH/c19-11-1-2-13(16(20)6-11)14-7-15(14)17(26)25-12-4-9(8-24)3-10(5-12)18(21,22)23;/h1-6,14-15H,7-8,24H2,(H,25,26);1H. The molecule has 0 spiro atoms. The third-order valence-electron chi connectivity index (χ3n) is 4.31. The van der Waals surface area contributed by atoms with Crippen LogP contribution in [-0.2, 0) is 17.5 Å². The lowest BCUT2D eigenvalue weighted by molar-refractivity contribution is -0.137. The van der Waals surface area contributed by atoms with Crippen molar-refractivity contribution in [3.8, 4) is 0 Å². The zero-order valence-corrected chi connectivity index (χ0v) is 14.6. The largest absolute Gasteiger partial charge is 0.416 e. The number of benzene rings is 2. The van der Waals surface area contributed by atoms with E-state index in [-0.39, 0.29) is 35.8 Å². The van der Waals surface area contributed by atoms with Gasteiger partial charge < -0.3 is 11.1 Å². The van der Waals surface area contributed by atoms with Crippen LogP contribution in [0.1, 0.15) is 29.0 Å². The first-order valence-corrected chi connectivity index (χ1v) is 7.86. The van der Waals surface area contributed by atoms with Gasteiger partial charge in [0.25, 0.3) is 0 Å². The highest BCUT2D eigenvalue weighted by molar-refractivity contribution is 5.95. The van der Waals surface area contributed by atoms with Crippen LogP contribution in [0.15, 0.2) is 36.4 Å². The number of nitrogens with one attached hydrogen (secondary N) is 1. The van der Waals surface area contributed by atoms with Crippen LogP contribution in [0, 0.1) is 17.6 Å². The minimum atomic E-state index is -4.57. The van der Waals surface area contributed by atoms with Gasteiger partial charge in [0, 0.05) is 24.2 Å². The summed E-state index contributed by atoms with van der Waals surface area (Å²) in [6, 6.07) is 6.23.